The zero-order valence-corrected chi connectivity index (χ0v) is 11.7. The number of rotatable bonds is 2. The minimum atomic E-state index is -0.375. The summed E-state index contributed by atoms with van der Waals surface area (Å²) in [5.41, 5.74) is 2.88. The predicted octanol–water partition coefficient (Wildman–Crippen LogP) is 3.61. The lowest BCUT2D eigenvalue weighted by molar-refractivity contribution is 0.0601. The van der Waals surface area contributed by atoms with E-state index in [0.717, 1.165) is 15.7 Å². The maximum Gasteiger partial charge on any atom is 0.340 e. The van der Waals surface area contributed by atoms with Gasteiger partial charge in [-0.1, -0.05) is 28.1 Å². The molecule has 0 spiro atoms. The number of carbonyl (C=O) groups is 1. The van der Waals surface area contributed by atoms with Gasteiger partial charge >= 0.3 is 5.97 Å². The van der Waals surface area contributed by atoms with Crippen molar-refractivity contribution in [2.45, 2.75) is 6.92 Å². The number of aromatic nitrogens is 1. The first-order valence-electron chi connectivity index (χ1n) is 5.43. The molecule has 0 amide bonds. The van der Waals surface area contributed by atoms with Gasteiger partial charge in [0, 0.05) is 15.7 Å². The zero-order valence-electron chi connectivity index (χ0n) is 10.1. The molecule has 18 heavy (non-hydrogen) atoms. The third-order valence-corrected chi connectivity index (χ3v) is 3.09. The number of aryl methyl sites for hydroxylation is 1. The van der Waals surface area contributed by atoms with E-state index in [0.29, 0.717) is 11.3 Å². The third-order valence-electron chi connectivity index (χ3n) is 2.56. The summed E-state index contributed by atoms with van der Waals surface area (Å²) in [5.74, 6) is -0.375. The highest BCUT2D eigenvalue weighted by Gasteiger charge is 2.14. The van der Waals surface area contributed by atoms with Crippen LogP contribution >= 0.6 is 15.9 Å². The molecule has 0 aliphatic rings. The van der Waals surface area contributed by atoms with E-state index >= 15 is 0 Å². The summed E-state index contributed by atoms with van der Waals surface area (Å²) in [7, 11) is 1.37. The van der Waals surface area contributed by atoms with Crippen LogP contribution in [-0.2, 0) is 4.74 Å². The van der Waals surface area contributed by atoms with Gasteiger partial charge in [-0.25, -0.2) is 4.79 Å². The molecule has 1 heterocycles. The van der Waals surface area contributed by atoms with Gasteiger partial charge in [-0.3, -0.25) is 4.98 Å². The summed E-state index contributed by atoms with van der Waals surface area (Å²) in [6, 6.07) is 11.2. The highest BCUT2D eigenvalue weighted by molar-refractivity contribution is 9.10. The number of pyridine rings is 1. The first-order chi connectivity index (χ1) is 8.61. The largest absolute Gasteiger partial charge is 0.465 e. The monoisotopic (exact) mass is 305 g/mol. The maximum atomic E-state index is 11.7. The summed E-state index contributed by atoms with van der Waals surface area (Å²) in [6.07, 6.45) is 0. The minimum absolute atomic E-state index is 0.375. The van der Waals surface area contributed by atoms with Crippen LogP contribution in [-0.4, -0.2) is 18.1 Å². The minimum Gasteiger partial charge on any atom is -0.465 e. The maximum absolute atomic E-state index is 11.7. The Bertz CT molecular complexity index is 579. The molecule has 0 unspecified atom stereocenters. The molecule has 1 aromatic heterocycles. The lowest BCUT2D eigenvalue weighted by Crippen LogP contribution is -2.05. The van der Waals surface area contributed by atoms with E-state index in [4.69, 9.17) is 4.74 Å². The Kier molecular flexibility index (Phi) is 3.77. The van der Waals surface area contributed by atoms with E-state index in [1.54, 1.807) is 12.1 Å². The van der Waals surface area contributed by atoms with E-state index < -0.39 is 0 Å². The van der Waals surface area contributed by atoms with Gasteiger partial charge in [-0.15, -0.1) is 0 Å². The average molecular weight is 306 g/mol. The Morgan fingerprint density at radius 3 is 2.44 bits per heavy atom. The number of methoxy groups -OCH3 is 1. The van der Waals surface area contributed by atoms with Crippen molar-refractivity contribution in [2.75, 3.05) is 7.11 Å². The number of hydrogen-bond acceptors (Lipinski definition) is 3. The van der Waals surface area contributed by atoms with Gasteiger partial charge in [0.15, 0.2) is 0 Å². The molecule has 3 nitrogen and oxygen atoms in total. The second-order valence-electron chi connectivity index (χ2n) is 3.85. The smallest absolute Gasteiger partial charge is 0.340 e. The van der Waals surface area contributed by atoms with Gasteiger partial charge < -0.3 is 4.74 Å². The SMILES string of the molecule is COC(=O)c1ccc(C)nc1-c1ccc(Br)cc1. The molecular formula is C14H12BrNO2. The summed E-state index contributed by atoms with van der Waals surface area (Å²) in [6.45, 7) is 1.89. The number of carbonyl (C=O) groups excluding carboxylic acids is 1. The Labute approximate surface area is 114 Å². The second-order valence-corrected chi connectivity index (χ2v) is 4.76. The second kappa shape index (κ2) is 5.31. The van der Waals surface area contributed by atoms with Crippen molar-refractivity contribution in [3.63, 3.8) is 0 Å². The van der Waals surface area contributed by atoms with Crippen LogP contribution in [0.15, 0.2) is 40.9 Å². The van der Waals surface area contributed by atoms with Gasteiger partial charge in [0.25, 0.3) is 0 Å². The van der Waals surface area contributed by atoms with Crippen molar-refractivity contribution in [3.8, 4) is 11.3 Å². The molecule has 0 atom stereocenters. The third kappa shape index (κ3) is 2.59. The molecular weight excluding hydrogens is 294 g/mol. The fourth-order valence-electron chi connectivity index (χ4n) is 1.66. The molecule has 0 N–H and O–H groups in total. The molecule has 2 aromatic rings. The lowest BCUT2D eigenvalue weighted by Gasteiger charge is -2.08. The molecule has 92 valence electrons. The predicted molar refractivity (Wildman–Crippen MR) is 73.4 cm³/mol. The molecule has 2 rings (SSSR count). The lowest BCUT2D eigenvalue weighted by atomic mass is 10.1. The van der Waals surface area contributed by atoms with Crippen molar-refractivity contribution in [1.82, 2.24) is 4.98 Å². The standard InChI is InChI=1S/C14H12BrNO2/c1-9-3-8-12(14(17)18-2)13(16-9)10-4-6-11(15)7-5-10/h3-8H,1-2H3. The summed E-state index contributed by atoms with van der Waals surface area (Å²) in [4.78, 5) is 16.1. The molecule has 4 heteroatoms. The van der Waals surface area contributed by atoms with Crippen molar-refractivity contribution in [3.05, 3.63) is 52.1 Å². The summed E-state index contributed by atoms with van der Waals surface area (Å²) in [5, 5.41) is 0. The molecule has 0 saturated carbocycles. The quantitative estimate of drug-likeness (QED) is 0.796. The van der Waals surface area contributed by atoms with E-state index in [9.17, 15) is 4.79 Å². The molecule has 0 radical (unpaired) electrons. The van der Waals surface area contributed by atoms with Gasteiger partial charge in [0.1, 0.15) is 0 Å². The van der Waals surface area contributed by atoms with Crippen LogP contribution in [0.1, 0.15) is 16.1 Å². The number of esters is 1. The number of halogens is 1. The van der Waals surface area contributed by atoms with Crippen molar-refractivity contribution in [2.24, 2.45) is 0 Å². The Hall–Kier alpha value is -1.68. The number of benzene rings is 1. The van der Waals surface area contributed by atoms with Gasteiger partial charge in [-0.2, -0.15) is 0 Å². The van der Waals surface area contributed by atoms with E-state index in [1.165, 1.54) is 7.11 Å². The molecule has 1 aromatic carbocycles. The van der Waals surface area contributed by atoms with Crippen LogP contribution < -0.4 is 0 Å². The summed E-state index contributed by atoms with van der Waals surface area (Å²) < 4.78 is 5.76. The topological polar surface area (TPSA) is 39.2 Å². The van der Waals surface area contributed by atoms with Crippen LogP contribution in [0, 0.1) is 6.92 Å². The van der Waals surface area contributed by atoms with Gasteiger partial charge in [0.2, 0.25) is 0 Å². The van der Waals surface area contributed by atoms with E-state index in [1.807, 2.05) is 31.2 Å². The highest BCUT2D eigenvalue weighted by atomic mass is 79.9. The Balaban J connectivity index is 2.57. The average Bonchev–Trinajstić information content (AvgIpc) is 2.38. The van der Waals surface area contributed by atoms with Crippen LogP contribution in [0.3, 0.4) is 0 Å². The molecule has 0 aliphatic carbocycles. The number of hydrogen-bond donors (Lipinski definition) is 0. The Morgan fingerprint density at radius 1 is 1.17 bits per heavy atom. The van der Waals surface area contributed by atoms with Crippen LogP contribution in [0.25, 0.3) is 11.3 Å². The fourth-order valence-corrected chi connectivity index (χ4v) is 1.92. The van der Waals surface area contributed by atoms with Crippen molar-refractivity contribution in [1.29, 1.82) is 0 Å². The normalized spacial score (nSPS) is 10.2. The van der Waals surface area contributed by atoms with Crippen LogP contribution in [0.4, 0.5) is 0 Å². The summed E-state index contributed by atoms with van der Waals surface area (Å²) >= 11 is 3.38. The van der Waals surface area contributed by atoms with Gasteiger partial charge in [-0.05, 0) is 31.2 Å². The molecule has 0 fully saturated rings. The van der Waals surface area contributed by atoms with E-state index in [-0.39, 0.29) is 5.97 Å². The van der Waals surface area contributed by atoms with Crippen molar-refractivity contribution >= 4 is 21.9 Å². The highest BCUT2D eigenvalue weighted by Crippen LogP contribution is 2.24. The van der Waals surface area contributed by atoms with E-state index in [2.05, 4.69) is 20.9 Å². The Morgan fingerprint density at radius 2 is 1.83 bits per heavy atom. The fraction of sp³-hybridized carbons (Fsp3) is 0.143. The number of ether oxygens (including phenoxy) is 1. The molecule has 0 saturated heterocycles. The first kappa shape index (κ1) is 12.8. The van der Waals surface area contributed by atoms with Crippen molar-refractivity contribution < 1.29 is 9.53 Å². The first-order valence-corrected chi connectivity index (χ1v) is 6.23. The molecule has 0 aliphatic heterocycles. The zero-order chi connectivity index (χ0) is 13.1. The van der Waals surface area contributed by atoms with Gasteiger partial charge in [0.05, 0.1) is 18.4 Å². The molecule has 0 bridgehead atoms. The number of nitrogens with zero attached hydrogens (tertiary/aromatic N) is 1. The van der Waals surface area contributed by atoms with Crippen LogP contribution in [0.2, 0.25) is 0 Å². The van der Waals surface area contributed by atoms with Crippen LogP contribution in [0.5, 0.6) is 0 Å².